The average Bonchev–Trinajstić information content (AvgIpc) is 2.70. The number of hydrogen-bond acceptors (Lipinski definition) is 2. The Morgan fingerprint density at radius 3 is 1.54 bits per heavy atom. The second-order valence-corrected chi connectivity index (χ2v) is 10.1. The maximum atomic E-state index is 3.82. The second kappa shape index (κ2) is 25.0. The van der Waals surface area contributed by atoms with E-state index in [0.717, 1.165) is 0 Å². The molecular weight excluding hydrogens is 376 g/mol. The van der Waals surface area contributed by atoms with Crippen LogP contribution in [-0.4, -0.2) is 0 Å². The summed E-state index contributed by atoms with van der Waals surface area (Å²) < 4.78 is 0. The minimum Gasteiger partial charge on any atom is -0.103 e. The van der Waals surface area contributed by atoms with E-state index in [1.165, 1.54) is 105 Å². The first kappa shape index (κ1) is 30.1. The summed E-state index contributed by atoms with van der Waals surface area (Å²) in [6, 6.07) is 0. The van der Waals surface area contributed by atoms with E-state index >= 15 is 0 Å². The van der Waals surface area contributed by atoms with Crippen molar-refractivity contribution in [2.24, 2.45) is 0 Å². The normalized spacial score (nSPS) is 12.3. The van der Waals surface area contributed by atoms with Crippen LogP contribution in [0.3, 0.4) is 0 Å². The van der Waals surface area contributed by atoms with Crippen LogP contribution in [0.1, 0.15) is 131 Å². The standard InChI is InChI=1S/C17H30S2.C9H20/c1-6-9-10-11-12-13-14-17(16(5)18-8-3)19-15(4)7-2;1-3-5-7-9-8-6-4-2/h7-8H,3,6,9-14H2,1-2,4-5H3;3-9H2,1-2H3/b15-7-,17-16-;. The Labute approximate surface area is 187 Å². The van der Waals surface area contributed by atoms with Crippen LogP contribution in [0.2, 0.25) is 0 Å². The molecule has 0 spiro atoms. The monoisotopic (exact) mass is 426 g/mol. The lowest BCUT2D eigenvalue weighted by atomic mass is 10.1. The molecule has 0 amide bonds. The Bertz CT molecular complexity index is 387. The van der Waals surface area contributed by atoms with Crippen molar-refractivity contribution in [1.82, 2.24) is 0 Å². The third kappa shape index (κ3) is 22.2. The van der Waals surface area contributed by atoms with Crippen LogP contribution in [0.4, 0.5) is 0 Å². The van der Waals surface area contributed by atoms with Gasteiger partial charge in [-0.3, -0.25) is 0 Å². The summed E-state index contributed by atoms with van der Waals surface area (Å²) in [5.41, 5.74) is 0. The van der Waals surface area contributed by atoms with Crippen molar-refractivity contribution >= 4 is 23.5 Å². The van der Waals surface area contributed by atoms with E-state index in [9.17, 15) is 0 Å². The summed E-state index contributed by atoms with van der Waals surface area (Å²) in [5, 5.41) is 1.93. The van der Waals surface area contributed by atoms with Crippen LogP contribution < -0.4 is 0 Å². The van der Waals surface area contributed by atoms with E-state index in [-0.39, 0.29) is 0 Å². The van der Waals surface area contributed by atoms with Crippen LogP contribution in [0, 0.1) is 0 Å². The molecule has 0 radical (unpaired) electrons. The maximum absolute atomic E-state index is 3.82. The molecule has 0 aromatic heterocycles. The Morgan fingerprint density at radius 2 is 1.14 bits per heavy atom. The van der Waals surface area contributed by atoms with E-state index in [1.54, 1.807) is 11.8 Å². The molecule has 0 bridgehead atoms. The van der Waals surface area contributed by atoms with E-state index in [1.807, 2.05) is 17.2 Å². The van der Waals surface area contributed by atoms with E-state index in [4.69, 9.17) is 0 Å². The van der Waals surface area contributed by atoms with Crippen LogP contribution >= 0.6 is 23.5 Å². The Morgan fingerprint density at radius 1 is 0.714 bits per heavy atom. The summed E-state index contributed by atoms with van der Waals surface area (Å²) in [6.07, 6.45) is 21.6. The average molecular weight is 427 g/mol. The molecule has 0 aliphatic carbocycles. The van der Waals surface area contributed by atoms with Crippen molar-refractivity contribution in [1.29, 1.82) is 0 Å². The highest BCUT2D eigenvalue weighted by Crippen LogP contribution is 2.35. The van der Waals surface area contributed by atoms with Crippen molar-refractivity contribution in [3.63, 3.8) is 0 Å². The van der Waals surface area contributed by atoms with Gasteiger partial charge in [0, 0.05) is 0 Å². The summed E-state index contributed by atoms with van der Waals surface area (Å²) >= 11 is 3.69. The molecule has 0 heterocycles. The highest BCUT2D eigenvalue weighted by Gasteiger charge is 2.05. The van der Waals surface area contributed by atoms with Gasteiger partial charge in [-0.25, -0.2) is 0 Å². The topological polar surface area (TPSA) is 0 Å². The molecule has 0 fully saturated rings. The predicted molar refractivity (Wildman–Crippen MR) is 139 cm³/mol. The lowest BCUT2D eigenvalue weighted by Crippen LogP contribution is -1.85. The third-order valence-corrected chi connectivity index (χ3v) is 7.02. The molecule has 2 heteroatoms. The number of thioether (sulfide) groups is 2. The van der Waals surface area contributed by atoms with Gasteiger partial charge in [0.2, 0.25) is 0 Å². The highest BCUT2D eigenvalue weighted by molar-refractivity contribution is 8.09. The molecule has 0 saturated heterocycles. The van der Waals surface area contributed by atoms with Gasteiger partial charge in [-0.15, -0.1) is 11.8 Å². The van der Waals surface area contributed by atoms with Gasteiger partial charge < -0.3 is 0 Å². The Balaban J connectivity index is 0. The number of unbranched alkanes of at least 4 members (excludes halogenated alkanes) is 11. The summed E-state index contributed by atoms with van der Waals surface area (Å²) in [5.74, 6) is 0. The molecule has 0 unspecified atom stereocenters. The molecule has 0 aliphatic rings. The molecule has 0 aromatic carbocycles. The third-order valence-electron chi connectivity index (χ3n) is 4.81. The zero-order chi connectivity index (χ0) is 21.5. The molecule has 0 nitrogen and oxygen atoms in total. The van der Waals surface area contributed by atoms with E-state index in [2.05, 4.69) is 54.2 Å². The zero-order valence-electron chi connectivity index (χ0n) is 20.1. The van der Waals surface area contributed by atoms with Crippen molar-refractivity contribution in [3.05, 3.63) is 32.8 Å². The molecule has 166 valence electrons. The SMILES string of the molecule is C=CS/C(C)=C(/CCCCCCCC)S/C(C)=C\C.CCCCCCCCC. The smallest absolute Gasteiger partial charge is 0.00103 e. The molecular formula is C26H50S2. The van der Waals surface area contributed by atoms with Gasteiger partial charge in [-0.1, -0.05) is 122 Å². The number of hydrogen-bond donors (Lipinski definition) is 0. The minimum absolute atomic E-state index is 1.22. The van der Waals surface area contributed by atoms with Crippen LogP contribution in [-0.2, 0) is 0 Å². The van der Waals surface area contributed by atoms with Crippen molar-refractivity contribution < 1.29 is 0 Å². The molecule has 0 saturated carbocycles. The van der Waals surface area contributed by atoms with Crippen molar-refractivity contribution in [2.75, 3.05) is 0 Å². The van der Waals surface area contributed by atoms with Crippen molar-refractivity contribution in [2.45, 2.75) is 131 Å². The van der Waals surface area contributed by atoms with Gasteiger partial charge in [-0.2, -0.15) is 0 Å². The van der Waals surface area contributed by atoms with Gasteiger partial charge in [0.15, 0.2) is 0 Å². The van der Waals surface area contributed by atoms with Gasteiger partial charge in [0.25, 0.3) is 0 Å². The fourth-order valence-electron chi connectivity index (χ4n) is 2.84. The van der Waals surface area contributed by atoms with Gasteiger partial charge in [0.05, 0.1) is 0 Å². The summed E-state index contributed by atoms with van der Waals surface area (Å²) in [7, 11) is 0. The first-order valence-electron chi connectivity index (χ1n) is 11.8. The predicted octanol–water partition coefficient (Wildman–Crippen LogP) is 11.3. The summed E-state index contributed by atoms with van der Waals surface area (Å²) in [6.45, 7) is 17.1. The van der Waals surface area contributed by atoms with Crippen LogP contribution in [0.25, 0.3) is 0 Å². The fourth-order valence-corrected chi connectivity index (χ4v) is 4.49. The minimum atomic E-state index is 1.22. The molecule has 0 atom stereocenters. The largest absolute Gasteiger partial charge is 0.103 e. The highest BCUT2D eigenvalue weighted by atomic mass is 32.2. The summed E-state index contributed by atoms with van der Waals surface area (Å²) in [4.78, 5) is 4.33. The van der Waals surface area contributed by atoms with Crippen molar-refractivity contribution in [3.8, 4) is 0 Å². The lowest BCUT2D eigenvalue weighted by molar-refractivity contribution is 0.602. The molecule has 0 aromatic rings. The van der Waals surface area contributed by atoms with Crippen LogP contribution in [0.15, 0.2) is 32.8 Å². The van der Waals surface area contributed by atoms with Gasteiger partial charge >= 0.3 is 0 Å². The van der Waals surface area contributed by atoms with Crippen LogP contribution in [0.5, 0.6) is 0 Å². The Hall–Kier alpha value is -0.0800. The van der Waals surface area contributed by atoms with Gasteiger partial charge in [-0.05, 0) is 53.7 Å². The maximum Gasteiger partial charge on any atom is -0.00103 e. The van der Waals surface area contributed by atoms with E-state index < -0.39 is 0 Å². The van der Waals surface area contributed by atoms with E-state index in [0.29, 0.717) is 0 Å². The fraction of sp³-hybridized carbons (Fsp3) is 0.769. The molecule has 0 N–H and O–H groups in total. The Kier molecular flexibility index (Phi) is 26.8. The molecule has 28 heavy (non-hydrogen) atoms. The first-order chi connectivity index (χ1) is 13.6. The molecule has 0 aliphatic heterocycles. The van der Waals surface area contributed by atoms with Gasteiger partial charge in [0.1, 0.15) is 0 Å². The zero-order valence-corrected chi connectivity index (χ0v) is 21.7. The molecule has 0 rings (SSSR count). The second-order valence-electron chi connectivity index (χ2n) is 7.55. The quantitative estimate of drug-likeness (QED) is 0.212. The lowest BCUT2D eigenvalue weighted by Gasteiger charge is -2.11. The first-order valence-corrected chi connectivity index (χ1v) is 13.5. The number of allylic oxidation sites excluding steroid dienone is 4. The number of rotatable bonds is 17.